The van der Waals surface area contributed by atoms with Gasteiger partial charge in [-0.1, -0.05) is 78.4 Å². The molecule has 0 saturated carbocycles. The second kappa shape index (κ2) is 11.2. The Morgan fingerprint density at radius 3 is 1.97 bits per heavy atom. The molecule has 0 aromatic heterocycles. The lowest BCUT2D eigenvalue weighted by molar-refractivity contribution is -0.266. The fraction of sp³-hybridized carbons (Fsp3) is 0.308. The van der Waals surface area contributed by atoms with Gasteiger partial charge in [0.25, 0.3) is 10.1 Å². The molecule has 0 radical (unpaired) electrons. The first-order valence-corrected chi connectivity index (χ1v) is 12.4. The molecule has 1 N–H and O–H groups in total. The Hall–Kier alpha value is -2.59. The van der Waals surface area contributed by atoms with Gasteiger partial charge in [-0.05, 0) is 30.2 Å². The van der Waals surface area contributed by atoms with E-state index < -0.39 is 34.7 Å². The van der Waals surface area contributed by atoms with E-state index in [0.29, 0.717) is 0 Å². The summed E-state index contributed by atoms with van der Waals surface area (Å²) < 4.78 is 49.0. The summed E-state index contributed by atoms with van der Waals surface area (Å²) in [5, 5.41) is 10.5. The van der Waals surface area contributed by atoms with Crippen LogP contribution in [0.3, 0.4) is 0 Å². The molecule has 8 heteroatoms. The van der Waals surface area contributed by atoms with Crippen LogP contribution in [-0.2, 0) is 41.7 Å². The summed E-state index contributed by atoms with van der Waals surface area (Å²) >= 11 is 0. The predicted molar refractivity (Wildman–Crippen MR) is 125 cm³/mol. The molecule has 0 spiro atoms. The second-order valence-electron chi connectivity index (χ2n) is 8.15. The molecule has 0 aliphatic carbocycles. The molecule has 1 aliphatic heterocycles. The Bertz CT molecular complexity index is 1130. The molecule has 0 amide bonds. The lowest BCUT2D eigenvalue weighted by atomic mass is 10.0. The summed E-state index contributed by atoms with van der Waals surface area (Å²) in [6.07, 6.45) is -4.37. The van der Waals surface area contributed by atoms with Gasteiger partial charge in [-0.2, -0.15) is 8.42 Å². The van der Waals surface area contributed by atoms with Gasteiger partial charge in [0.2, 0.25) is 0 Å². The Morgan fingerprint density at radius 2 is 1.38 bits per heavy atom. The molecule has 0 bridgehead atoms. The van der Waals surface area contributed by atoms with Crippen molar-refractivity contribution in [1.29, 1.82) is 0 Å². The van der Waals surface area contributed by atoms with E-state index >= 15 is 0 Å². The molecule has 180 valence electrons. The summed E-state index contributed by atoms with van der Waals surface area (Å²) in [6.45, 7) is 2.34. The molecule has 0 unspecified atom stereocenters. The third-order valence-electron chi connectivity index (χ3n) is 5.54. The first-order chi connectivity index (χ1) is 16.4. The summed E-state index contributed by atoms with van der Waals surface area (Å²) in [7, 11) is -4.19. The largest absolute Gasteiger partial charge is 0.368 e. The summed E-state index contributed by atoms with van der Waals surface area (Å²) in [4.78, 5) is -0.0144. The predicted octanol–water partition coefficient (Wildman–Crippen LogP) is 3.59. The fourth-order valence-electron chi connectivity index (χ4n) is 3.66. The molecule has 4 rings (SSSR count). The third kappa shape index (κ3) is 6.29. The SMILES string of the molecule is Cc1ccc(S(=O)(=O)O[C@@H]2[C@@H](OCc3ccccc3)[C@H](OCc3ccccc3)CO[C@@H]2O)cc1. The van der Waals surface area contributed by atoms with Crippen LogP contribution in [0.15, 0.2) is 89.8 Å². The van der Waals surface area contributed by atoms with E-state index in [1.807, 2.05) is 67.6 Å². The highest BCUT2D eigenvalue weighted by atomic mass is 32.2. The van der Waals surface area contributed by atoms with E-state index in [2.05, 4.69) is 0 Å². The number of aliphatic hydroxyl groups is 1. The number of benzene rings is 3. The number of rotatable bonds is 9. The second-order valence-corrected chi connectivity index (χ2v) is 9.72. The van der Waals surface area contributed by atoms with Crippen LogP contribution in [-0.4, -0.2) is 44.7 Å². The van der Waals surface area contributed by atoms with Crippen molar-refractivity contribution in [3.8, 4) is 0 Å². The van der Waals surface area contributed by atoms with Crippen LogP contribution in [0, 0.1) is 6.92 Å². The van der Waals surface area contributed by atoms with E-state index in [0.717, 1.165) is 16.7 Å². The topological polar surface area (TPSA) is 91.3 Å². The van der Waals surface area contributed by atoms with Crippen LogP contribution in [0.1, 0.15) is 16.7 Å². The van der Waals surface area contributed by atoms with E-state index in [9.17, 15) is 13.5 Å². The third-order valence-corrected chi connectivity index (χ3v) is 6.87. The highest BCUT2D eigenvalue weighted by molar-refractivity contribution is 7.86. The number of hydrogen-bond acceptors (Lipinski definition) is 7. The number of ether oxygens (including phenoxy) is 3. The summed E-state index contributed by atoms with van der Waals surface area (Å²) in [5.74, 6) is 0. The number of aryl methyl sites for hydroxylation is 1. The van der Waals surface area contributed by atoms with Gasteiger partial charge in [0, 0.05) is 0 Å². The van der Waals surface area contributed by atoms with E-state index in [1.165, 1.54) is 12.1 Å². The zero-order chi connectivity index (χ0) is 24.0. The molecule has 1 heterocycles. The monoisotopic (exact) mass is 484 g/mol. The molecule has 4 atom stereocenters. The van der Waals surface area contributed by atoms with Crippen molar-refractivity contribution >= 4 is 10.1 Å². The molecule has 1 fully saturated rings. The van der Waals surface area contributed by atoms with Gasteiger partial charge in [0.05, 0.1) is 24.7 Å². The van der Waals surface area contributed by atoms with Gasteiger partial charge < -0.3 is 19.3 Å². The van der Waals surface area contributed by atoms with Gasteiger partial charge in [-0.15, -0.1) is 0 Å². The molecule has 7 nitrogen and oxygen atoms in total. The Labute approximate surface area is 200 Å². The minimum atomic E-state index is -4.19. The number of aliphatic hydroxyl groups excluding tert-OH is 1. The standard InChI is InChI=1S/C26H28O7S/c1-19-12-14-22(15-13-19)34(28,29)33-25-24(31-17-21-10-6-3-7-11-21)23(18-32-26(25)27)30-16-20-8-4-2-5-9-20/h2-15,23-27H,16-18H2,1H3/t23-,24+,25-,26+/m1/s1. The van der Waals surface area contributed by atoms with Gasteiger partial charge in [0.1, 0.15) is 12.2 Å². The van der Waals surface area contributed by atoms with Crippen LogP contribution in [0.2, 0.25) is 0 Å². The molecular weight excluding hydrogens is 456 g/mol. The first-order valence-electron chi connectivity index (χ1n) is 11.0. The van der Waals surface area contributed by atoms with Crippen LogP contribution < -0.4 is 0 Å². The van der Waals surface area contributed by atoms with Crippen LogP contribution in [0.4, 0.5) is 0 Å². The first kappa shape index (κ1) is 24.5. The smallest absolute Gasteiger partial charge is 0.297 e. The molecule has 3 aromatic rings. The van der Waals surface area contributed by atoms with Crippen LogP contribution in [0.5, 0.6) is 0 Å². The molecule has 1 aliphatic rings. The summed E-state index contributed by atoms with van der Waals surface area (Å²) in [5.41, 5.74) is 2.75. The van der Waals surface area contributed by atoms with E-state index in [1.54, 1.807) is 12.1 Å². The van der Waals surface area contributed by atoms with E-state index in [-0.39, 0.29) is 24.7 Å². The zero-order valence-corrected chi connectivity index (χ0v) is 19.6. The van der Waals surface area contributed by atoms with Crippen molar-refractivity contribution in [3.05, 3.63) is 102 Å². The van der Waals surface area contributed by atoms with Crippen molar-refractivity contribution in [2.24, 2.45) is 0 Å². The lowest BCUT2D eigenvalue weighted by Crippen LogP contribution is -2.56. The Morgan fingerprint density at radius 1 is 0.824 bits per heavy atom. The van der Waals surface area contributed by atoms with Gasteiger partial charge in [0.15, 0.2) is 12.4 Å². The minimum Gasteiger partial charge on any atom is -0.368 e. The maximum absolute atomic E-state index is 13.0. The highest BCUT2D eigenvalue weighted by Crippen LogP contribution is 2.28. The van der Waals surface area contributed by atoms with Crippen molar-refractivity contribution in [1.82, 2.24) is 0 Å². The number of hydrogen-bond donors (Lipinski definition) is 1. The van der Waals surface area contributed by atoms with Crippen molar-refractivity contribution in [3.63, 3.8) is 0 Å². The van der Waals surface area contributed by atoms with Crippen LogP contribution in [0.25, 0.3) is 0 Å². The Kier molecular flexibility index (Phi) is 8.10. The maximum atomic E-state index is 13.0. The minimum absolute atomic E-state index is 0.0144. The van der Waals surface area contributed by atoms with E-state index in [4.69, 9.17) is 18.4 Å². The van der Waals surface area contributed by atoms with Gasteiger partial charge in [-0.3, -0.25) is 4.18 Å². The highest BCUT2D eigenvalue weighted by Gasteiger charge is 2.45. The van der Waals surface area contributed by atoms with Crippen molar-refractivity contribution in [2.75, 3.05) is 6.61 Å². The molecule has 34 heavy (non-hydrogen) atoms. The average Bonchev–Trinajstić information content (AvgIpc) is 2.85. The zero-order valence-electron chi connectivity index (χ0n) is 18.8. The molecule has 1 saturated heterocycles. The fourth-order valence-corrected chi connectivity index (χ4v) is 4.73. The molecular formula is C26H28O7S. The van der Waals surface area contributed by atoms with Crippen molar-refractivity contribution in [2.45, 2.75) is 49.6 Å². The normalized spacial score (nSPS) is 23.0. The van der Waals surface area contributed by atoms with Crippen molar-refractivity contribution < 1.29 is 31.9 Å². The van der Waals surface area contributed by atoms with Gasteiger partial charge >= 0.3 is 0 Å². The quantitative estimate of drug-likeness (QED) is 0.464. The average molecular weight is 485 g/mol. The summed E-state index contributed by atoms with van der Waals surface area (Å²) in [6, 6.07) is 25.3. The van der Waals surface area contributed by atoms with Crippen LogP contribution >= 0.6 is 0 Å². The van der Waals surface area contributed by atoms with Gasteiger partial charge in [-0.25, -0.2) is 0 Å². The maximum Gasteiger partial charge on any atom is 0.297 e. The lowest BCUT2D eigenvalue weighted by Gasteiger charge is -2.39. The Balaban J connectivity index is 1.55. The molecule has 3 aromatic carbocycles.